The minimum Gasteiger partial charge on any atom is -0.398 e. The molecule has 2 aromatic rings. The van der Waals surface area contributed by atoms with Crippen LogP contribution in [0.3, 0.4) is 0 Å². The lowest BCUT2D eigenvalue weighted by Gasteiger charge is -2.22. The van der Waals surface area contributed by atoms with E-state index in [-0.39, 0.29) is 5.91 Å². The quantitative estimate of drug-likeness (QED) is 0.865. The van der Waals surface area contributed by atoms with E-state index >= 15 is 0 Å². The maximum Gasteiger partial charge on any atom is 0.258 e. The van der Waals surface area contributed by atoms with Crippen LogP contribution < -0.4 is 10.6 Å². The van der Waals surface area contributed by atoms with Crippen LogP contribution in [-0.2, 0) is 0 Å². The van der Waals surface area contributed by atoms with Gasteiger partial charge in [-0.1, -0.05) is 18.2 Å². The second-order valence-corrected chi connectivity index (χ2v) is 4.91. The van der Waals surface area contributed by atoms with Gasteiger partial charge in [-0.05, 0) is 56.2 Å². The van der Waals surface area contributed by atoms with E-state index in [4.69, 9.17) is 5.73 Å². The predicted octanol–water partition coefficient (Wildman–Crippen LogP) is 3.55. The molecule has 0 saturated carbocycles. The van der Waals surface area contributed by atoms with Crippen LogP contribution in [0.2, 0.25) is 0 Å². The van der Waals surface area contributed by atoms with Gasteiger partial charge in [-0.15, -0.1) is 0 Å². The third-order valence-electron chi connectivity index (χ3n) is 3.48. The van der Waals surface area contributed by atoms with Gasteiger partial charge >= 0.3 is 0 Å². The van der Waals surface area contributed by atoms with Gasteiger partial charge in [0.2, 0.25) is 0 Å². The van der Waals surface area contributed by atoms with Gasteiger partial charge in [-0.25, -0.2) is 0 Å². The number of nitrogens with two attached hydrogens (primary N) is 1. The fraction of sp³-hybridized carbons (Fsp3) is 0.235. The molecule has 3 nitrogen and oxygen atoms in total. The molecule has 2 N–H and O–H groups in total. The van der Waals surface area contributed by atoms with Gasteiger partial charge in [-0.2, -0.15) is 0 Å². The van der Waals surface area contributed by atoms with Crippen molar-refractivity contribution in [3.05, 3.63) is 59.2 Å². The van der Waals surface area contributed by atoms with Gasteiger partial charge < -0.3 is 10.6 Å². The Morgan fingerprint density at radius 1 is 1.15 bits per heavy atom. The van der Waals surface area contributed by atoms with Crippen LogP contribution in [0, 0.1) is 13.8 Å². The summed E-state index contributed by atoms with van der Waals surface area (Å²) in [5.41, 5.74) is 10.1. The Bertz CT molecular complexity index is 635. The number of hydrogen-bond donors (Lipinski definition) is 1. The van der Waals surface area contributed by atoms with Crippen LogP contribution in [0.5, 0.6) is 0 Å². The van der Waals surface area contributed by atoms with E-state index in [0.717, 1.165) is 16.8 Å². The number of rotatable bonds is 3. The highest BCUT2D eigenvalue weighted by molar-refractivity contribution is 6.07. The van der Waals surface area contributed by atoms with Crippen molar-refractivity contribution in [1.29, 1.82) is 0 Å². The van der Waals surface area contributed by atoms with Gasteiger partial charge in [0.15, 0.2) is 0 Å². The summed E-state index contributed by atoms with van der Waals surface area (Å²) >= 11 is 0. The Hall–Kier alpha value is -2.29. The zero-order valence-electron chi connectivity index (χ0n) is 12.2. The van der Waals surface area contributed by atoms with Crippen molar-refractivity contribution in [1.82, 2.24) is 0 Å². The number of hydrogen-bond acceptors (Lipinski definition) is 2. The number of carbonyl (C=O) groups excluding carboxylic acids is 1. The second-order valence-electron chi connectivity index (χ2n) is 4.91. The lowest BCUT2D eigenvalue weighted by atomic mass is 10.1. The molecule has 0 spiro atoms. The molecule has 1 amide bonds. The lowest BCUT2D eigenvalue weighted by Crippen LogP contribution is -2.31. The third-order valence-corrected chi connectivity index (χ3v) is 3.48. The van der Waals surface area contributed by atoms with Crippen molar-refractivity contribution in [2.45, 2.75) is 20.8 Å². The molecule has 0 radical (unpaired) electrons. The van der Waals surface area contributed by atoms with Gasteiger partial charge in [0, 0.05) is 23.5 Å². The summed E-state index contributed by atoms with van der Waals surface area (Å²) in [5.74, 6) is -0.0112. The van der Waals surface area contributed by atoms with E-state index < -0.39 is 0 Å². The Labute approximate surface area is 120 Å². The van der Waals surface area contributed by atoms with E-state index in [1.807, 2.05) is 63.2 Å². The summed E-state index contributed by atoms with van der Waals surface area (Å²) in [6, 6.07) is 13.4. The van der Waals surface area contributed by atoms with Crippen molar-refractivity contribution < 1.29 is 4.79 Å². The molecule has 0 bridgehead atoms. The molecular weight excluding hydrogens is 248 g/mol. The first kappa shape index (κ1) is 14.1. The monoisotopic (exact) mass is 268 g/mol. The normalized spacial score (nSPS) is 10.3. The molecule has 0 atom stereocenters. The number of nitrogens with zero attached hydrogens (tertiary/aromatic N) is 1. The van der Waals surface area contributed by atoms with Crippen molar-refractivity contribution in [2.75, 3.05) is 17.2 Å². The summed E-state index contributed by atoms with van der Waals surface area (Å²) in [6.45, 7) is 6.50. The van der Waals surface area contributed by atoms with E-state index in [0.29, 0.717) is 17.8 Å². The minimum absolute atomic E-state index is 0.0112. The average Bonchev–Trinajstić information content (AvgIpc) is 2.42. The molecule has 0 unspecified atom stereocenters. The van der Waals surface area contributed by atoms with Crippen molar-refractivity contribution >= 4 is 17.3 Å². The molecule has 104 valence electrons. The molecule has 0 fully saturated rings. The smallest absolute Gasteiger partial charge is 0.258 e. The third kappa shape index (κ3) is 2.67. The molecule has 3 heteroatoms. The summed E-state index contributed by atoms with van der Waals surface area (Å²) in [5, 5.41) is 0. The maximum atomic E-state index is 12.7. The Morgan fingerprint density at radius 2 is 1.85 bits per heavy atom. The maximum absolute atomic E-state index is 12.7. The van der Waals surface area contributed by atoms with Gasteiger partial charge in [-0.3, -0.25) is 4.79 Å². The van der Waals surface area contributed by atoms with E-state index in [1.165, 1.54) is 0 Å². The molecule has 0 saturated heterocycles. The van der Waals surface area contributed by atoms with E-state index in [9.17, 15) is 4.79 Å². The highest BCUT2D eigenvalue weighted by Crippen LogP contribution is 2.22. The van der Waals surface area contributed by atoms with Crippen molar-refractivity contribution in [3.63, 3.8) is 0 Å². The number of aryl methyl sites for hydroxylation is 1. The fourth-order valence-electron chi connectivity index (χ4n) is 2.27. The number of carbonyl (C=O) groups is 1. The Balaban J connectivity index is 2.42. The average molecular weight is 268 g/mol. The largest absolute Gasteiger partial charge is 0.398 e. The van der Waals surface area contributed by atoms with Crippen LogP contribution in [-0.4, -0.2) is 12.5 Å². The highest BCUT2D eigenvalue weighted by atomic mass is 16.2. The number of nitrogen functional groups attached to an aromatic ring is 1. The Morgan fingerprint density at radius 3 is 2.50 bits per heavy atom. The molecule has 0 aromatic heterocycles. The summed E-state index contributed by atoms with van der Waals surface area (Å²) in [6.07, 6.45) is 0. The molecular formula is C17H20N2O. The molecule has 2 aromatic carbocycles. The van der Waals surface area contributed by atoms with Crippen LogP contribution in [0.25, 0.3) is 0 Å². The fourth-order valence-corrected chi connectivity index (χ4v) is 2.27. The Kier molecular flexibility index (Phi) is 4.08. The van der Waals surface area contributed by atoms with Crippen molar-refractivity contribution in [3.8, 4) is 0 Å². The summed E-state index contributed by atoms with van der Waals surface area (Å²) < 4.78 is 0. The first-order valence-corrected chi connectivity index (χ1v) is 6.78. The van der Waals surface area contributed by atoms with Gasteiger partial charge in [0.1, 0.15) is 0 Å². The van der Waals surface area contributed by atoms with Crippen molar-refractivity contribution in [2.24, 2.45) is 0 Å². The SMILES string of the molecule is CCN(C(=O)c1cccc(N)c1C)c1cccc(C)c1. The highest BCUT2D eigenvalue weighted by Gasteiger charge is 2.18. The lowest BCUT2D eigenvalue weighted by molar-refractivity contribution is 0.0988. The molecule has 0 aliphatic heterocycles. The zero-order chi connectivity index (χ0) is 14.7. The standard InChI is InChI=1S/C17H20N2O/c1-4-19(14-8-5-7-12(2)11-14)17(20)15-9-6-10-16(18)13(15)3/h5-11H,4,18H2,1-3H3. The molecule has 0 aliphatic carbocycles. The minimum atomic E-state index is -0.0112. The first-order chi connectivity index (χ1) is 9.54. The van der Waals surface area contributed by atoms with Crippen LogP contribution in [0.15, 0.2) is 42.5 Å². The number of anilines is 2. The van der Waals surface area contributed by atoms with Gasteiger partial charge in [0.25, 0.3) is 5.91 Å². The van der Waals surface area contributed by atoms with Gasteiger partial charge in [0.05, 0.1) is 0 Å². The first-order valence-electron chi connectivity index (χ1n) is 6.78. The van der Waals surface area contributed by atoms with Crippen LogP contribution in [0.1, 0.15) is 28.4 Å². The molecule has 0 heterocycles. The number of benzene rings is 2. The second kappa shape index (κ2) is 5.78. The summed E-state index contributed by atoms with van der Waals surface area (Å²) in [7, 11) is 0. The van der Waals surface area contributed by atoms with E-state index in [2.05, 4.69) is 0 Å². The van der Waals surface area contributed by atoms with Crippen LogP contribution in [0.4, 0.5) is 11.4 Å². The summed E-state index contributed by atoms with van der Waals surface area (Å²) in [4.78, 5) is 14.5. The zero-order valence-corrected chi connectivity index (χ0v) is 12.2. The van der Waals surface area contributed by atoms with Crippen LogP contribution >= 0.6 is 0 Å². The molecule has 0 aliphatic rings. The predicted molar refractivity (Wildman–Crippen MR) is 84.1 cm³/mol. The topological polar surface area (TPSA) is 46.3 Å². The molecule has 20 heavy (non-hydrogen) atoms. The number of amides is 1. The molecule has 2 rings (SSSR count). The van der Waals surface area contributed by atoms with E-state index in [1.54, 1.807) is 4.90 Å².